The van der Waals surface area contributed by atoms with Crippen molar-refractivity contribution in [3.05, 3.63) is 0 Å². The lowest BCUT2D eigenvalue weighted by atomic mass is 10.2. The highest BCUT2D eigenvalue weighted by Crippen LogP contribution is 2.20. The van der Waals surface area contributed by atoms with Gasteiger partial charge in [-0.2, -0.15) is 13.2 Å². The first-order chi connectivity index (χ1) is 6.44. The molecule has 82 valence electrons. The summed E-state index contributed by atoms with van der Waals surface area (Å²) < 4.78 is 36.3. The van der Waals surface area contributed by atoms with Crippen LogP contribution in [0.1, 0.15) is 13.3 Å². The zero-order chi connectivity index (χ0) is 10.8. The van der Waals surface area contributed by atoms with Gasteiger partial charge in [0.2, 0.25) is 5.91 Å². The van der Waals surface area contributed by atoms with Gasteiger partial charge in [0, 0.05) is 6.54 Å². The zero-order valence-electron chi connectivity index (χ0n) is 7.90. The van der Waals surface area contributed by atoms with Crippen molar-refractivity contribution >= 4 is 5.91 Å². The summed E-state index contributed by atoms with van der Waals surface area (Å²) in [5.41, 5.74) is 0. The Labute approximate surface area is 80.3 Å². The number of nitrogens with zero attached hydrogens (tertiary/aromatic N) is 1. The Kier molecular flexibility index (Phi) is 3.36. The number of amides is 1. The standard InChI is InChI=1S/C8H13F3N2O/c1-2-13(5-8(9,10)11)6-3-4-12-7(6)14/h6H,2-5H2,1H3,(H,12,14). The second kappa shape index (κ2) is 4.16. The Hall–Kier alpha value is -0.780. The van der Waals surface area contributed by atoms with E-state index < -0.39 is 18.8 Å². The molecule has 0 bridgehead atoms. The molecule has 0 aromatic rings. The minimum Gasteiger partial charge on any atom is -0.355 e. The van der Waals surface area contributed by atoms with Crippen LogP contribution in [-0.2, 0) is 4.79 Å². The van der Waals surface area contributed by atoms with Gasteiger partial charge in [0.25, 0.3) is 0 Å². The van der Waals surface area contributed by atoms with Crippen LogP contribution < -0.4 is 5.32 Å². The van der Waals surface area contributed by atoms with Crippen molar-refractivity contribution < 1.29 is 18.0 Å². The molecule has 1 heterocycles. The van der Waals surface area contributed by atoms with Crippen molar-refractivity contribution in [2.24, 2.45) is 0 Å². The highest BCUT2D eigenvalue weighted by molar-refractivity contribution is 5.83. The van der Waals surface area contributed by atoms with E-state index in [0.29, 0.717) is 13.0 Å². The number of likely N-dealkylation sites (N-methyl/N-ethyl adjacent to an activating group) is 1. The highest BCUT2D eigenvalue weighted by atomic mass is 19.4. The molecule has 1 N–H and O–H groups in total. The summed E-state index contributed by atoms with van der Waals surface area (Å²) in [6.07, 6.45) is -3.78. The van der Waals surface area contributed by atoms with Gasteiger partial charge in [-0.3, -0.25) is 9.69 Å². The van der Waals surface area contributed by atoms with Gasteiger partial charge in [-0.15, -0.1) is 0 Å². The van der Waals surface area contributed by atoms with Gasteiger partial charge in [-0.05, 0) is 13.0 Å². The minimum atomic E-state index is -4.24. The number of hydrogen-bond donors (Lipinski definition) is 1. The normalized spacial score (nSPS) is 22.9. The predicted molar refractivity (Wildman–Crippen MR) is 44.7 cm³/mol. The van der Waals surface area contributed by atoms with Crippen molar-refractivity contribution in [2.75, 3.05) is 19.6 Å². The largest absolute Gasteiger partial charge is 0.401 e. The van der Waals surface area contributed by atoms with E-state index in [1.165, 1.54) is 0 Å². The molecule has 0 saturated carbocycles. The van der Waals surface area contributed by atoms with Crippen LogP contribution in [0.5, 0.6) is 0 Å². The summed E-state index contributed by atoms with van der Waals surface area (Å²) in [6, 6.07) is -0.610. The molecule has 1 aliphatic rings. The second-order valence-corrected chi connectivity index (χ2v) is 3.27. The fraction of sp³-hybridized carbons (Fsp3) is 0.875. The first-order valence-electron chi connectivity index (χ1n) is 4.52. The number of rotatable bonds is 3. The minimum absolute atomic E-state index is 0.234. The quantitative estimate of drug-likeness (QED) is 0.745. The van der Waals surface area contributed by atoms with Crippen molar-refractivity contribution in [1.29, 1.82) is 0 Å². The van der Waals surface area contributed by atoms with E-state index in [1.807, 2.05) is 0 Å². The first-order valence-corrected chi connectivity index (χ1v) is 4.52. The molecule has 1 atom stereocenters. The molecular weight excluding hydrogens is 197 g/mol. The maximum Gasteiger partial charge on any atom is 0.401 e. The lowest BCUT2D eigenvalue weighted by Crippen LogP contribution is -2.45. The molecule has 1 fully saturated rings. The van der Waals surface area contributed by atoms with Crippen LogP contribution in [0.2, 0.25) is 0 Å². The summed E-state index contributed by atoms with van der Waals surface area (Å²) in [4.78, 5) is 12.3. The first kappa shape index (κ1) is 11.3. The van der Waals surface area contributed by atoms with Crippen molar-refractivity contribution in [3.63, 3.8) is 0 Å². The molecule has 1 rings (SSSR count). The molecule has 14 heavy (non-hydrogen) atoms. The van der Waals surface area contributed by atoms with E-state index in [-0.39, 0.29) is 12.5 Å². The number of halogens is 3. The van der Waals surface area contributed by atoms with E-state index in [0.717, 1.165) is 4.90 Å². The van der Waals surface area contributed by atoms with Crippen LogP contribution in [0.15, 0.2) is 0 Å². The van der Waals surface area contributed by atoms with E-state index in [1.54, 1.807) is 6.92 Å². The number of alkyl halides is 3. The van der Waals surface area contributed by atoms with Crippen LogP contribution in [0.4, 0.5) is 13.2 Å². The fourth-order valence-corrected chi connectivity index (χ4v) is 1.60. The molecule has 0 aromatic carbocycles. The lowest BCUT2D eigenvalue weighted by molar-refractivity contribution is -0.153. The monoisotopic (exact) mass is 210 g/mol. The molecule has 1 amide bonds. The number of carbonyl (C=O) groups excluding carboxylic acids is 1. The third kappa shape index (κ3) is 2.87. The van der Waals surface area contributed by atoms with Gasteiger partial charge in [0.15, 0.2) is 0 Å². The molecule has 1 unspecified atom stereocenters. The Bertz CT molecular complexity index is 217. The van der Waals surface area contributed by atoms with Gasteiger partial charge in [0.05, 0.1) is 12.6 Å². The van der Waals surface area contributed by atoms with Gasteiger partial charge < -0.3 is 5.32 Å². The van der Waals surface area contributed by atoms with Crippen molar-refractivity contribution in [2.45, 2.75) is 25.6 Å². The Morgan fingerprint density at radius 3 is 2.57 bits per heavy atom. The number of hydrogen-bond acceptors (Lipinski definition) is 2. The molecule has 3 nitrogen and oxygen atoms in total. The van der Waals surface area contributed by atoms with Gasteiger partial charge >= 0.3 is 6.18 Å². The maximum absolute atomic E-state index is 12.1. The van der Waals surface area contributed by atoms with E-state index in [9.17, 15) is 18.0 Å². The van der Waals surface area contributed by atoms with E-state index in [2.05, 4.69) is 5.32 Å². The summed E-state index contributed by atoms with van der Waals surface area (Å²) >= 11 is 0. The Balaban J connectivity index is 2.57. The van der Waals surface area contributed by atoms with Crippen LogP contribution in [0.25, 0.3) is 0 Å². The molecule has 0 radical (unpaired) electrons. The smallest absolute Gasteiger partial charge is 0.355 e. The molecule has 0 spiro atoms. The highest BCUT2D eigenvalue weighted by Gasteiger charge is 2.37. The van der Waals surface area contributed by atoms with E-state index >= 15 is 0 Å². The van der Waals surface area contributed by atoms with Crippen molar-refractivity contribution in [1.82, 2.24) is 10.2 Å². The third-order valence-electron chi connectivity index (χ3n) is 2.25. The average Bonchev–Trinajstić information content (AvgIpc) is 2.45. The third-order valence-corrected chi connectivity index (χ3v) is 2.25. The van der Waals surface area contributed by atoms with Crippen LogP contribution in [0.3, 0.4) is 0 Å². The predicted octanol–water partition coefficient (Wildman–Crippen LogP) is 0.759. The maximum atomic E-state index is 12.1. The second-order valence-electron chi connectivity index (χ2n) is 3.27. The summed E-state index contributed by atoms with van der Waals surface area (Å²) in [5.74, 6) is -0.295. The zero-order valence-corrected chi connectivity index (χ0v) is 7.90. The van der Waals surface area contributed by atoms with Gasteiger partial charge in [-0.25, -0.2) is 0 Å². The van der Waals surface area contributed by atoms with Gasteiger partial charge in [0.1, 0.15) is 0 Å². The van der Waals surface area contributed by atoms with Crippen LogP contribution >= 0.6 is 0 Å². The Morgan fingerprint density at radius 2 is 2.21 bits per heavy atom. The van der Waals surface area contributed by atoms with E-state index in [4.69, 9.17) is 0 Å². The van der Waals surface area contributed by atoms with Gasteiger partial charge in [-0.1, -0.05) is 6.92 Å². The SMILES string of the molecule is CCN(CC(F)(F)F)C1CCNC1=O. The number of nitrogens with one attached hydrogen (secondary N) is 1. The molecule has 0 aromatic heterocycles. The average molecular weight is 210 g/mol. The molecule has 0 aliphatic carbocycles. The van der Waals surface area contributed by atoms with Crippen LogP contribution in [0, 0.1) is 0 Å². The molecular formula is C8H13F3N2O. The van der Waals surface area contributed by atoms with Crippen molar-refractivity contribution in [3.8, 4) is 0 Å². The summed E-state index contributed by atoms with van der Waals surface area (Å²) in [5, 5.41) is 2.52. The Morgan fingerprint density at radius 1 is 1.57 bits per heavy atom. The molecule has 1 aliphatic heterocycles. The lowest BCUT2D eigenvalue weighted by Gasteiger charge is -2.26. The molecule has 1 saturated heterocycles. The van der Waals surface area contributed by atoms with Crippen LogP contribution in [-0.4, -0.2) is 42.7 Å². The molecule has 6 heteroatoms. The summed E-state index contributed by atoms with van der Waals surface area (Å²) in [7, 11) is 0. The summed E-state index contributed by atoms with van der Waals surface area (Å²) in [6.45, 7) is 1.31. The number of carbonyl (C=O) groups is 1. The fourth-order valence-electron chi connectivity index (χ4n) is 1.60. The topological polar surface area (TPSA) is 32.3 Å².